The van der Waals surface area contributed by atoms with Gasteiger partial charge in [0.2, 0.25) is 0 Å². The molecule has 0 aromatic carbocycles. The average molecular weight is 322 g/mol. The van der Waals surface area contributed by atoms with Gasteiger partial charge in [0, 0.05) is 27.5 Å². The van der Waals surface area contributed by atoms with Gasteiger partial charge in [0.05, 0.1) is 0 Å². The van der Waals surface area contributed by atoms with Crippen molar-refractivity contribution in [1.29, 1.82) is 0 Å². The first-order chi connectivity index (χ1) is 5.20. The molecule has 0 aliphatic heterocycles. The fourth-order valence-electron chi connectivity index (χ4n) is 0. The molecule has 0 unspecified atom stereocenters. The topological polar surface area (TPSA) is 190 Å². The molecule has 0 atom stereocenters. The standard InChI is InChI=1S/2Na.3O3Si.Ti/c;;3*1-4(2)3;/q2*+1;3*-2;+4. The molecule has 0 aliphatic rings. The maximum absolute atomic E-state index is 8.52. The van der Waals surface area contributed by atoms with E-state index in [4.69, 9.17) is 42.2 Å². The Balaban J connectivity index is -0.0000000184. The molecule has 0 amide bonds. The summed E-state index contributed by atoms with van der Waals surface area (Å²) in [6.07, 6.45) is 0. The molecule has 0 aromatic heterocycles. The van der Waals surface area contributed by atoms with E-state index in [2.05, 4.69) is 0 Å². The summed E-state index contributed by atoms with van der Waals surface area (Å²) in [7, 11) is -10.9. The van der Waals surface area contributed by atoms with Gasteiger partial charge in [-0.1, -0.05) is 0 Å². The van der Waals surface area contributed by atoms with Gasteiger partial charge in [0.25, 0.3) is 0 Å². The van der Waals surface area contributed by atoms with Gasteiger partial charge in [-0.15, -0.1) is 0 Å². The fourth-order valence-corrected chi connectivity index (χ4v) is 0. The van der Waals surface area contributed by atoms with E-state index in [0.717, 1.165) is 0 Å². The summed E-state index contributed by atoms with van der Waals surface area (Å²) in [6, 6.07) is 0. The molecule has 0 aromatic rings. The molecule has 15 heavy (non-hydrogen) atoms. The quantitative estimate of drug-likeness (QED) is 0.389. The van der Waals surface area contributed by atoms with Crippen LogP contribution in [0.3, 0.4) is 0 Å². The molecular weight excluding hydrogens is 322 g/mol. The molecule has 9 nitrogen and oxygen atoms in total. The molecule has 0 N–H and O–H groups in total. The van der Waals surface area contributed by atoms with Gasteiger partial charge in [0.15, 0.2) is 0 Å². The number of hydrogen-bond acceptors (Lipinski definition) is 9. The van der Waals surface area contributed by atoms with Crippen LogP contribution in [0.15, 0.2) is 0 Å². The summed E-state index contributed by atoms with van der Waals surface area (Å²) < 4.78 is 25.6. The minimum Gasteiger partial charge on any atom is -0.672 e. The van der Waals surface area contributed by atoms with Crippen LogP contribution in [-0.4, -0.2) is 27.5 Å². The van der Waals surface area contributed by atoms with Crippen molar-refractivity contribution in [3.63, 3.8) is 0 Å². The third kappa shape index (κ3) is 1170. The monoisotopic (exact) mass is 322 g/mol. The SMILES string of the molecule is O=[Si]([O-])[O-].O=[Si]([O-])[O-].O=[Si]([O-])[O-].[Na+].[Na+].[Ti+4]. The first kappa shape index (κ1) is 36.0. The molecule has 0 rings (SSSR count). The molecule has 0 spiro atoms. The zero-order valence-electron chi connectivity index (χ0n) is 7.67. The van der Waals surface area contributed by atoms with Crippen molar-refractivity contribution in [2.24, 2.45) is 0 Å². The Labute approximate surface area is 148 Å². The Morgan fingerprint density at radius 2 is 0.533 bits per heavy atom. The number of hydrogen-bond donors (Lipinski definition) is 0. The van der Waals surface area contributed by atoms with Crippen molar-refractivity contribution in [2.45, 2.75) is 0 Å². The summed E-state index contributed by atoms with van der Waals surface area (Å²) in [6.45, 7) is 0. The minimum atomic E-state index is -3.63. The zero-order valence-corrected chi connectivity index (χ0v) is 16.2. The fraction of sp³-hybridized carbons (Fsp3) is 0. The summed E-state index contributed by atoms with van der Waals surface area (Å²) >= 11 is 0. The third-order valence-electron chi connectivity index (χ3n) is 0. The Kier molecular flexibility index (Phi) is 70.9. The van der Waals surface area contributed by atoms with E-state index in [-0.39, 0.29) is 80.8 Å². The minimum absolute atomic E-state index is 0. The van der Waals surface area contributed by atoms with Gasteiger partial charge in [-0.2, -0.15) is 0 Å². The van der Waals surface area contributed by atoms with Gasteiger partial charge >= 0.3 is 80.8 Å². The van der Waals surface area contributed by atoms with E-state index in [1.807, 2.05) is 0 Å². The Bertz CT molecular complexity index is 121. The second kappa shape index (κ2) is 29.6. The molecule has 0 saturated heterocycles. The van der Waals surface area contributed by atoms with Crippen LogP contribution in [0.25, 0.3) is 0 Å². The predicted molar refractivity (Wildman–Crippen MR) is 19.3 cm³/mol. The second-order valence-corrected chi connectivity index (χ2v) is 2.25. The molecule has 72 valence electrons. The molecule has 0 heterocycles. The smallest absolute Gasteiger partial charge is 0.672 e. The molecule has 0 bridgehead atoms. The van der Waals surface area contributed by atoms with Crippen molar-refractivity contribution in [2.75, 3.05) is 0 Å². The average Bonchev–Trinajstić information content (AvgIpc) is 1.54. The van der Waals surface area contributed by atoms with Crippen LogP contribution in [0.4, 0.5) is 0 Å². The molecule has 15 heteroatoms. The molecule has 0 fully saturated rings. The van der Waals surface area contributed by atoms with Crippen LogP contribution >= 0.6 is 0 Å². The van der Waals surface area contributed by atoms with Crippen molar-refractivity contribution in [1.82, 2.24) is 0 Å². The number of rotatable bonds is 0. The summed E-state index contributed by atoms with van der Waals surface area (Å²) in [5.74, 6) is 0. The summed E-state index contributed by atoms with van der Waals surface area (Å²) in [5.41, 5.74) is 0. The molecule has 0 saturated carbocycles. The van der Waals surface area contributed by atoms with E-state index in [9.17, 15) is 0 Å². The van der Waals surface area contributed by atoms with Gasteiger partial charge in [0.1, 0.15) is 0 Å². The molecule has 0 aliphatic carbocycles. The summed E-state index contributed by atoms with van der Waals surface area (Å²) in [5, 5.41) is 0. The zero-order chi connectivity index (χ0) is 10.7. The van der Waals surface area contributed by atoms with Gasteiger partial charge < -0.3 is 42.2 Å². The Hall–Kier alpha value is 1.56. The van der Waals surface area contributed by atoms with Crippen molar-refractivity contribution >= 4 is 27.5 Å². The predicted octanol–water partition coefficient (Wildman–Crippen LogP) is -14.6. The first-order valence-electron chi connectivity index (χ1n) is 1.84. The van der Waals surface area contributed by atoms with Crippen LogP contribution in [0, 0.1) is 0 Å². The summed E-state index contributed by atoms with van der Waals surface area (Å²) in [4.78, 5) is 51.1. The van der Waals surface area contributed by atoms with Gasteiger partial charge in [-0.05, 0) is 0 Å². The Morgan fingerprint density at radius 3 is 0.533 bits per heavy atom. The second-order valence-electron chi connectivity index (χ2n) is 0.750. The largest absolute Gasteiger partial charge is 4.00 e. The Morgan fingerprint density at radius 1 is 0.533 bits per heavy atom. The normalized spacial score (nSPS) is 4.80. The maximum atomic E-state index is 8.52. The first-order valence-corrected chi connectivity index (χ1v) is 5.51. The van der Waals surface area contributed by atoms with Gasteiger partial charge in [-0.25, -0.2) is 0 Å². The maximum Gasteiger partial charge on any atom is 4.00 e. The van der Waals surface area contributed by atoms with Crippen molar-refractivity contribution in [3.05, 3.63) is 0 Å². The van der Waals surface area contributed by atoms with Crippen LogP contribution in [-0.2, 0) is 35.1 Å². The van der Waals surface area contributed by atoms with Crippen LogP contribution in [0.1, 0.15) is 0 Å². The van der Waals surface area contributed by atoms with E-state index >= 15 is 0 Å². The van der Waals surface area contributed by atoms with Crippen molar-refractivity contribution < 1.29 is 123 Å². The van der Waals surface area contributed by atoms with E-state index in [0.29, 0.717) is 0 Å². The van der Waals surface area contributed by atoms with Crippen molar-refractivity contribution in [3.8, 4) is 0 Å². The third-order valence-corrected chi connectivity index (χ3v) is 0. The van der Waals surface area contributed by atoms with Gasteiger partial charge in [-0.3, -0.25) is 0 Å². The van der Waals surface area contributed by atoms with Crippen LogP contribution in [0.2, 0.25) is 0 Å². The molecule has 0 radical (unpaired) electrons. The van der Waals surface area contributed by atoms with E-state index in [1.165, 1.54) is 0 Å². The van der Waals surface area contributed by atoms with Crippen LogP contribution in [0.5, 0.6) is 0 Å². The molecular formula is Na2O9Si3Ti. The van der Waals surface area contributed by atoms with Crippen LogP contribution < -0.4 is 87.9 Å². The van der Waals surface area contributed by atoms with E-state index in [1.54, 1.807) is 0 Å². The van der Waals surface area contributed by atoms with E-state index < -0.39 is 27.5 Å².